The first-order chi connectivity index (χ1) is 17.7. The average molecular weight is 522 g/mol. The quantitative estimate of drug-likeness (QED) is 0.438. The van der Waals surface area contributed by atoms with Gasteiger partial charge in [-0.1, -0.05) is 42.5 Å². The minimum absolute atomic E-state index is 0.0431. The Morgan fingerprint density at radius 3 is 2.24 bits per heavy atom. The molecule has 3 aromatic carbocycles. The van der Waals surface area contributed by atoms with E-state index in [1.54, 1.807) is 36.4 Å². The number of hydrogen-bond acceptors (Lipinski definition) is 6. The molecule has 0 fully saturated rings. The molecule has 9 nitrogen and oxygen atoms in total. The van der Waals surface area contributed by atoms with E-state index in [9.17, 15) is 22.8 Å². The van der Waals surface area contributed by atoms with Gasteiger partial charge in [0.1, 0.15) is 0 Å². The maximum absolute atomic E-state index is 13.6. The summed E-state index contributed by atoms with van der Waals surface area (Å²) in [7, 11) is -3.98. The molecule has 3 aromatic rings. The zero-order valence-electron chi connectivity index (χ0n) is 20.2. The molecule has 0 aromatic heterocycles. The maximum atomic E-state index is 13.6. The number of carbonyl (C=O) groups is 3. The SMILES string of the molecule is CC(=O)Nc1ccc(S(=O)(=O)N2CCc3ccccc3C2CC(=O)OCC(=O)Nc2ccccc2)cc1. The second-order valence-electron chi connectivity index (χ2n) is 8.56. The van der Waals surface area contributed by atoms with Gasteiger partial charge < -0.3 is 15.4 Å². The summed E-state index contributed by atoms with van der Waals surface area (Å²) in [6.45, 7) is 1.06. The third kappa shape index (κ3) is 6.41. The van der Waals surface area contributed by atoms with E-state index < -0.39 is 34.5 Å². The van der Waals surface area contributed by atoms with E-state index in [0.29, 0.717) is 17.8 Å². The Balaban J connectivity index is 1.51. The monoisotopic (exact) mass is 521 g/mol. The summed E-state index contributed by atoms with van der Waals surface area (Å²) in [6, 6.07) is 21.2. The number of nitrogens with zero attached hydrogens (tertiary/aromatic N) is 1. The molecule has 0 aliphatic carbocycles. The minimum atomic E-state index is -3.98. The van der Waals surface area contributed by atoms with Crippen LogP contribution in [0.25, 0.3) is 0 Å². The van der Waals surface area contributed by atoms with Crippen LogP contribution in [0.15, 0.2) is 83.8 Å². The molecule has 2 amide bonds. The number of ether oxygens (including phenoxy) is 1. The number of rotatable bonds is 8. The van der Waals surface area contributed by atoms with Crippen molar-refractivity contribution in [3.8, 4) is 0 Å². The molecule has 192 valence electrons. The van der Waals surface area contributed by atoms with Crippen LogP contribution in [0.4, 0.5) is 11.4 Å². The Labute approximate surface area is 215 Å². The number of nitrogens with one attached hydrogen (secondary N) is 2. The van der Waals surface area contributed by atoms with Crippen molar-refractivity contribution in [1.82, 2.24) is 4.31 Å². The second-order valence-corrected chi connectivity index (χ2v) is 10.5. The molecule has 1 aliphatic heterocycles. The highest BCUT2D eigenvalue weighted by molar-refractivity contribution is 7.89. The van der Waals surface area contributed by atoms with Gasteiger partial charge in [0, 0.05) is 24.8 Å². The molecule has 1 unspecified atom stereocenters. The number of amides is 2. The average Bonchev–Trinajstić information content (AvgIpc) is 2.88. The van der Waals surface area contributed by atoms with Crippen LogP contribution in [-0.4, -0.2) is 43.7 Å². The number of sulfonamides is 1. The molecule has 1 atom stereocenters. The van der Waals surface area contributed by atoms with Crippen molar-refractivity contribution in [1.29, 1.82) is 0 Å². The van der Waals surface area contributed by atoms with Crippen LogP contribution in [0.3, 0.4) is 0 Å². The van der Waals surface area contributed by atoms with Crippen molar-refractivity contribution in [2.45, 2.75) is 30.7 Å². The zero-order valence-corrected chi connectivity index (χ0v) is 21.0. The number of hydrogen-bond donors (Lipinski definition) is 2. The van der Waals surface area contributed by atoms with Crippen LogP contribution in [0.2, 0.25) is 0 Å². The van der Waals surface area contributed by atoms with Gasteiger partial charge in [0.25, 0.3) is 5.91 Å². The van der Waals surface area contributed by atoms with Gasteiger partial charge in [-0.25, -0.2) is 8.42 Å². The highest BCUT2D eigenvalue weighted by Crippen LogP contribution is 2.36. The molecule has 0 spiro atoms. The van der Waals surface area contributed by atoms with Crippen molar-refractivity contribution in [2.24, 2.45) is 0 Å². The fraction of sp³-hybridized carbons (Fsp3) is 0.222. The molecule has 10 heteroatoms. The number of para-hydroxylation sites is 1. The Kier molecular flexibility index (Phi) is 8.00. The summed E-state index contributed by atoms with van der Waals surface area (Å²) in [5, 5.41) is 5.25. The van der Waals surface area contributed by atoms with Crippen LogP contribution in [0, 0.1) is 0 Å². The third-order valence-corrected chi connectivity index (χ3v) is 7.85. The lowest BCUT2D eigenvalue weighted by Gasteiger charge is -2.36. The molecule has 1 aliphatic rings. The van der Waals surface area contributed by atoms with E-state index in [-0.39, 0.29) is 23.8 Å². The number of carbonyl (C=O) groups excluding carboxylic acids is 3. The number of esters is 1. The molecule has 37 heavy (non-hydrogen) atoms. The summed E-state index contributed by atoms with van der Waals surface area (Å²) < 4.78 is 33.7. The predicted molar refractivity (Wildman–Crippen MR) is 138 cm³/mol. The fourth-order valence-corrected chi connectivity index (χ4v) is 5.86. The van der Waals surface area contributed by atoms with Crippen LogP contribution in [0.5, 0.6) is 0 Å². The molecular weight excluding hydrogens is 494 g/mol. The van der Waals surface area contributed by atoms with Crippen LogP contribution < -0.4 is 10.6 Å². The first-order valence-electron chi connectivity index (χ1n) is 11.7. The molecular formula is C27H27N3O6S. The van der Waals surface area contributed by atoms with Crippen LogP contribution in [0.1, 0.15) is 30.5 Å². The van der Waals surface area contributed by atoms with Crippen LogP contribution in [-0.2, 0) is 35.6 Å². The molecule has 0 saturated heterocycles. The number of fused-ring (bicyclic) bond motifs is 1. The summed E-state index contributed by atoms with van der Waals surface area (Å²) in [5.74, 6) is -1.45. The van der Waals surface area contributed by atoms with Gasteiger partial charge >= 0.3 is 5.97 Å². The lowest BCUT2D eigenvalue weighted by atomic mass is 9.92. The largest absolute Gasteiger partial charge is 0.456 e. The van der Waals surface area contributed by atoms with Crippen molar-refractivity contribution >= 4 is 39.2 Å². The van der Waals surface area contributed by atoms with Crippen molar-refractivity contribution in [2.75, 3.05) is 23.8 Å². The third-order valence-electron chi connectivity index (χ3n) is 5.93. The maximum Gasteiger partial charge on any atom is 0.308 e. The van der Waals surface area contributed by atoms with Gasteiger partial charge in [-0.2, -0.15) is 4.31 Å². The summed E-state index contributed by atoms with van der Waals surface area (Å²) >= 11 is 0. The predicted octanol–water partition coefficient (Wildman–Crippen LogP) is 3.51. The number of anilines is 2. The lowest BCUT2D eigenvalue weighted by Crippen LogP contribution is -2.41. The van der Waals surface area contributed by atoms with E-state index in [1.165, 1.54) is 35.5 Å². The first-order valence-corrected chi connectivity index (χ1v) is 13.2. The van der Waals surface area contributed by atoms with E-state index >= 15 is 0 Å². The molecule has 0 saturated carbocycles. The lowest BCUT2D eigenvalue weighted by molar-refractivity contribution is -0.148. The molecule has 2 N–H and O–H groups in total. The van der Waals surface area contributed by atoms with Crippen LogP contribution >= 0.6 is 0 Å². The van der Waals surface area contributed by atoms with E-state index in [1.807, 2.05) is 18.2 Å². The highest BCUT2D eigenvalue weighted by Gasteiger charge is 2.38. The van der Waals surface area contributed by atoms with Crippen molar-refractivity contribution in [3.05, 3.63) is 90.0 Å². The molecule has 0 bridgehead atoms. The normalized spacial score (nSPS) is 15.3. The Bertz CT molecular complexity index is 1390. The van der Waals surface area contributed by atoms with Gasteiger partial charge in [-0.15, -0.1) is 0 Å². The van der Waals surface area contributed by atoms with Crippen molar-refractivity contribution in [3.63, 3.8) is 0 Å². The number of benzene rings is 3. The summed E-state index contributed by atoms with van der Waals surface area (Å²) in [4.78, 5) is 36.3. The van der Waals surface area contributed by atoms with Gasteiger partial charge in [-0.3, -0.25) is 14.4 Å². The van der Waals surface area contributed by atoms with Gasteiger partial charge in [0.2, 0.25) is 15.9 Å². The zero-order chi connectivity index (χ0) is 26.4. The van der Waals surface area contributed by atoms with Gasteiger partial charge in [0.05, 0.1) is 17.4 Å². The Morgan fingerprint density at radius 1 is 0.892 bits per heavy atom. The van der Waals surface area contributed by atoms with E-state index in [2.05, 4.69) is 10.6 Å². The first kappa shape index (κ1) is 26.1. The fourth-order valence-electron chi connectivity index (χ4n) is 4.26. The molecule has 1 heterocycles. The van der Waals surface area contributed by atoms with E-state index in [0.717, 1.165) is 11.1 Å². The topological polar surface area (TPSA) is 122 Å². The van der Waals surface area contributed by atoms with E-state index in [4.69, 9.17) is 4.74 Å². The second kappa shape index (κ2) is 11.4. The standard InChI is InChI=1S/C27H27N3O6S/c1-19(31)28-22-11-13-23(14-12-22)37(34,35)30-16-15-20-7-5-6-10-24(20)25(30)17-27(33)36-18-26(32)29-21-8-3-2-4-9-21/h2-14,25H,15-18H2,1H3,(H,28,31)(H,29,32). The highest BCUT2D eigenvalue weighted by atomic mass is 32.2. The van der Waals surface area contributed by atoms with Crippen molar-refractivity contribution < 1.29 is 27.5 Å². The Morgan fingerprint density at radius 2 is 1.54 bits per heavy atom. The smallest absolute Gasteiger partial charge is 0.308 e. The summed E-state index contributed by atoms with van der Waals surface area (Å²) in [5.41, 5.74) is 2.73. The van der Waals surface area contributed by atoms with Gasteiger partial charge in [0.15, 0.2) is 6.61 Å². The Hall–Kier alpha value is -4.02. The molecule has 0 radical (unpaired) electrons. The van der Waals surface area contributed by atoms with Gasteiger partial charge in [-0.05, 0) is 53.9 Å². The summed E-state index contributed by atoms with van der Waals surface area (Å²) in [6.07, 6.45) is 0.239. The molecule has 4 rings (SSSR count). The minimum Gasteiger partial charge on any atom is -0.456 e.